The summed E-state index contributed by atoms with van der Waals surface area (Å²) < 4.78 is 11.6. The molecule has 0 atom stereocenters. The Balaban J connectivity index is 1.74. The lowest BCUT2D eigenvalue weighted by molar-refractivity contribution is 0.0995. The van der Waals surface area contributed by atoms with E-state index in [1.807, 2.05) is 24.3 Å². The van der Waals surface area contributed by atoms with Gasteiger partial charge in [-0.25, -0.2) is 0 Å². The highest BCUT2D eigenvalue weighted by atomic mass is 79.9. The normalized spacial score (nSPS) is 10.5. The largest absolute Gasteiger partial charge is 0.483 e. The van der Waals surface area contributed by atoms with E-state index in [0.717, 1.165) is 10.0 Å². The molecule has 0 aliphatic carbocycles. The van der Waals surface area contributed by atoms with Crippen LogP contribution < -0.4 is 10.5 Å². The minimum Gasteiger partial charge on any atom is -0.483 e. The molecule has 0 aliphatic rings. The maximum absolute atomic E-state index is 11.3. The number of para-hydroxylation sites is 1. The van der Waals surface area contributed by atoms with Crippen LogP contribution in [0.4, 0.5) is 0 Å². The Morgan fingerprint density at radius 3 is 2.83 bits per heavy atom. The maximum Gasteiger partial charge on any atom is 0.264 e. The number of hydrogen-bond donors (Lipinski definition) is 1. The molecule has 0 bridgehead atoms. The monoisotopic (exact) mass is 373 g/mol. The van der Waals surface area contributed by atoms with Gasteiger partial charge in [0.1, 0.15) is 5.75 Å². The van der Waals surface area contributed by atoms with Crippen LogP contribution in [0.1, 0.15) is 16.2 Å². The van der Waals surface area contributed by atoms with E-state index in [1.165, 1.54) is 0 Å². The first-order valence-electron chi connectivity index (χ1n) is 6.73. The molecule has 6 nitrogen and oxygen atoms in total. The number of nitrogens with two attached hydrogens (primary N) is 1. The van der Waals surface area contributed by atoms with Gasteiger partial charge in [-0.1, -0.05) is 45.4 Å². The van der Waals surface area contributed by atoms with E-state index in [9.17, 15) is 4.79 Å². The number of hydrogen-bond acceptors (Lipinski definition) is 5. The Morgan fingerprint density at radius 1 is 1.22 bits per heavy atom. The van der Waals surface area contributed by atoms with Crippen molar-refractivity contribution in [3.8, 4) is 17.1 Å². The molecule has 0 radical (unpaired) electrons. The summed E-state index contributed by atoms with van der Waals surface area (Å²) in [5, 5.41) is 3.92. The minimum atomic E-state index is -0.555. The van der Waals surface area contributed by atoms with Crippen molar-refractivity contribution in [1.29, 1.82) is 0 Å². The van der Waals surface area contributed by atoms with Crippen LogP contribution in [0.3, 0.4) is 0 Å². The molecular formula is C16H12BrN3O3. The Bertz CT molecular complexity index is 848. The summed E-state index contributed by atoms with van der Waals surface area (Å²) in [6, 6.07) is 14.3. The number of carbonyl (C=O) groups is 1. The molecule has 7 heteroatoms. The van der Waals surface area contributed by atoms with Gasteiger partial charge < -0.3 is 15.0 Å². The zero-order valence-electron chi connectivity index (χ0n) is 11.9. The van der Waals surface area contributed by atoms with Crippen molar-refractivity contribution in [2.45, 2.75) is 6.61 Å². The molecule has 0 unspecified atom stereocenters. The first kappa shape index (κ1) is 15.2. The third-order valence-corrected chi connectivity index (χ3v) is 3.55. The number of ether oxygens (including phenoxy) is 1. The summed E-state index contributed by atoms with van der Waals surface area (Å²) in [6.45, 7) is 0.0469. The number of amides is 1. The van der Waals surface area contributed by atoms with E-state index < -0.39 is 5.91 Å². The van der Waals surface area contributed by atoms with E-state index >= 15 is 0 Å². The fourth-order valence-electron chi connectivity index (χ4n) is 1.99. The predicted octanol–water partition coefficient (Wildman–Crippen LogP) is 3.18. The van der Waals surface area contributed by atoms with Gasteiger partial charge in [0.05, 0.1) is 5.56 Å². The molecule has 0 saturated heterocycles. The van der Waals surface area contributed by atoms with Gasteiger partial charge in [-0.3, -0.25) is 4.79 Å². The topological polar surface area (TPSA) is 91.2 Å². The average molecular weight is 374 g/mol. The lowest BCUT2D eigenvalue weighted by atomic mass is 10.2. The average Bonchev–Trinajstić information content (AvgIpc) is 3.02. The van der Waals surface area contributed by atoms with Crippen LogP contribution in [0.15, 0.2) is 57.5 Å². The molecule has 0 saturated carbocycles. The second-order valence-electron chi connectivity index (χ2n) is 4.67. The molecule has 23 heavy (non-hydrogen) atoms. The van der Waals surface area contributed by atoms with Gasteiger partial charge in [0.2, 0.25) is 5.82 Å². The molecular weight excluding hydrogens is 362 g/mol. The summed E-state index contributed by atoms with van der Waals surface area (Å²) in [5.74, 6) is 0.593. The Hall–Kier alpha value is -2.67. The fourth-order valence-corrected chi connectivity index (χ4v) is 2.39. The van der Waals surface area contributed by atoms with Crippen molar-refractivity contribution in [1.82, 2.24) is 10.1 Å². The van der Waals surface area contributed by atoms with Crippen LogP contribution in [0.5, 0.6) is 5.75 Å². The third kappa shape index (κ3) is 3.57. The maximum atomic E-state index is 11.3. The summed E-state index contributed by atoms with van der Waals surface area (Å²) >= 11 is 3.39. The number of benzene rings is 2. The van der Waals surface area contributed by atoms with Crippen molar-refractivity contribution in [3.63, 3.8) is 0 Å². The van der Waals surface area contributed by atoms with Crippen LogP contribution in [-0.4, -0.2) is 16.0 Å². The molecule has 0 aliphatic heterocycles. The zero-order chi connectivity index (χ0) is 16.2. The van der Waals surface area contributed by atoms with Crippen molar-refractivity contribution >= 4 is 21.8 Å². The Kier molecular flexibility index (Phi) is 4.38. The van der Waals surface area contributed by atoms with E-state index in [2.05, 4.69) is 26.1 Å². The van der Waals surface area contributed by atoms with E-state index in [0.29, 0.717) is 23.0 Å². The highest BCUT2D eigenvalue weighted by molar-refractivity contribution is 9.10. The van der Waals surface area contributed by atoms with Gasteiger partial charge >= 0.3 is 0 Å². The van der Waals surface area contributed by atoms with Crippen molar-refractivity contribution in [3.05, 3.63) is 64.5 Å². The fraction of sp³-hybridized carbons (Fsp3) is 0.0625. The van der Waals surface area contributed by atoms with Crippen LogP contribution in [0, 0.1) is 0 Å². The van der Waals surface area contributed by atoms with E-state index in [1.54, 1.807) is 24.3 Å². The lowest BCUT2D eigenvalue weighted by Gasteiger charge is -2.06. The number of halogens is 1. The van der Waals surface area contributed by atoms with Crippen LogP contribution in [0.2, 0.25) is 0 Å². The van der Waals surface area contributed by atoms with Crippen LogP contribution in [0.25, 0.3) is 11.4 Å². The van der Waals surface area contributed by atoms with E-state index in [4.69, 9.17) is 15.0 Å². The zero-order valence-corrected chi connectivity index (χ0v) is 13.5. The molecule has 1 aromatic heterocycles. The molecule has 2 N–H and O–H groups in total. The minimum absolute atomic E-state index is 0.0469. The number of rotatable bonds is 5. The van der Waals surface area contributed by atoms with Crippen molar-refractivity contribution in [2.75, 3.05) is 0 Å². The Labute approximate surface area is 140 Å². The summed E-state index contributed by atoms with van der Waals surface area (Å²) in [6.07, 6.45) is 0. The smallest absolute Gasteiger partial charge is 0.264 e. The number of carbonyl (C=O) groups excluding carboxylic acids is 1. The summed E-state index contributed by atoms with van der Waals surface area (Å²) in [7, 11) is 0. The molecule has 3 aromatic rings. The number of aromatic nitrogens is 2. The molecule has 3 rings (SSSR count). The first-order valence-corrected chi connectivity index (χ1v) is 7.53. The molecule has 0 spiro atoms. The number of primary amides is 1. The summed E-state index contributed by atoms with van der Waals surface area (Å²) in [4.78, 5) is 15.6. The quantitative estimate of drug-likeness (QED) is 0.741. The van der Waals surface area contributed by atoms with Crippen LogP contribution >= 0.6 is 15.9 Å². The van der Waals surface area contributed by atoms with E-state index in [-0.39, 0.29) is 6.61 Å². The van der Waals surface area contributed by atoms with Gasteiger partial charge in [0, 0.05) is 10.0 Å². The predicted molar refractivity (Wildman–Crippen MR) is 86.7 cm³/mol. The van der Waals surface area contributed by atoms with Gasteiger partial charge in [-0.05, 0) is 24.3 Å². The Morgan fingerprint density at radius 2 is 2.04 bits per heavy atom. The second-order valence-corrected chi connectivity index (χ2v) is 5.59. The van der Waals surface area contributed by atoms with Gasteiger partial charge in [0.15, 0.2) is 6.61 Å². The van der Waals surface area contributed by atoms with Gasteiger partial charge in [0.25, 0.3) is 11.8 Å². The second kappa shape index (κ2) is 6.62. The number of nitrogens with zero attached hydrogens (tertiary/aromatic N) is 2. The molecule has 116 valence electrons. The SMILES string of the molecule is NC(=O)c1ccccc1OCc1nc(-c2cccc(Br)c2)no1. The molecule has 1 amide bonds. The molecule has 0 fully saturated rings. The van der Waals surface area contributed by atoms with Crippen molar-refractivity contribution < 1.29 is 14.1 Å². The summed E-state index contributed by atoms with van der Waals surface area (Å²) in [5.41, 5.74) is 6.43. The first-order chi connectivity index (χ1) is 11.1. The standard InChI is InChI=1S/C16H12BrN3O3/c17-11-5-3-4-10(8-11)16-19-14(23-20-16)9-22-13-7-2-1-6-12(13)15(18)21/h1-8H,9H2,(H2,18,21). The highest BCUT2D eigenvalue weighted by Crippen LogP contribution is 2.22. The van der Waals surface area contributed by atoms with Crippen LogP contribution in [-0.2, 0) is 6.61 Å². The highest BCUT2D eigenvalue weighted by Gasteiger charge is 2.12. The molecule has 1 heterocycles. The molecule has 2 aromatic carbocycles. The van der Waals surface area contributed by atoms with Gasteiger partial charge in [-0.2, -0.15) is 4.98 Å². The third-order valence-electron chi connectivity index (χ3n) is 3.05. The van der Waals surface area contributed by atoms with Crippen molar-refractivity contribution in [2.24, 2.45) is 5.73 Å². The van der Waals surface area contributed by atoms with Gasteiger partial charge in [-0.15, -0.1) is 0 Å². The lowest BCUT2D eigenvalue weighted by Crippen LogP contribution is -2.12.